The van der Waals surface area contributed by atoms with E-state index in [1.165, 1.54) is 7.11 Å². The fraction of sp³-hybridized carbons (Fsp3) is 0.750. The number of esters is 1. The number of ether oxygens (including phenoxy) is 1. The molecule has 0 radical (unpaired) electrons. The van der Waals surface area contributed by atoms with Crippen LogP contribution in [0.2, 0.25) is 19.6 Å². The van der Waals surface area contributed by atoms with Gasteiger partial charge in [0, 0.05) is 6.42 Å². The van der Waals surface area contributed by atoms with Crippen molar-refractivity contribution in [3.05, 3.63) is 0 Å². The third kappa shape index (κ3) is 2.30. The van der Waals surface area contributed by atoms with Crippen LogP contribution in [0.4, 0.5) is 0 Å². The number of rotatable bonds is 2. The van der Waals surface area contributed by atoms with Crippen molar-refractivity contribution in [3.8, 4) is 0 Å². The van der Waals surface area contributed by atoms with Gasteiger partial charge in [0.15, 0.2) is 5.71 Å². The lowest BCUT2D eigenvalue weighted by atomic mass is 10.3. The van der Waals surface area contributed by atoms with Crippen molar-refractivity contribution in [2.45, 2.75) is 31.8 Å². The minimum Gasteiger partial charge on any atom is -0.464 e. The molecular formula is C8H15NO3Si. The van der Waals surface area contributed by atoms with Crippen molar-refractivity contribution in [2.24, 2.45) is 5.16 Å². The standard InChI is InChI=1S/C8H15NO3Si/c1-11-8(10)6-5-7(12-9-6)13(2,3)4/h7H,5H2,1-4H3. The molecule has 0 aromatic heterocycles. The third-order valence-electron chi connectivity index (χ3n) is 2.06. The Morgan fingerprint density at radius 1 is 1.62 bits per heavy atom. The van der Waals surface area contributed by atoms with Gasteiger partial charge in [0.1, 0.15) is 5.73 Å². The Morgan fingerprint density at radius 2 is 2.23 bits per heavy atom. The normalized spacial score (nSPS) is 22.2. The second-order valence-corrected chi connectivity index (χ2v) is 9.57. The molecule has 0 aromatic rings. The molecule has 1 rings (SSSR count). The minimum absolute atomic E-state index is 0.113. The van der Waals surface area contributed by atoms with Gasteiger partial charge in [-0.05, 0) is 0 Å². The zero-order chi connectivity index (χ0) is 10.1. The highest BCUT2D eigenvalue weighted by atomic mass is 28.3. The second-order valence-electron chi connectivity index (χ2n) is 4.19. The predicted molar refractivity (Wildman–Crippen MR) is 52.3 cm³/mol. The maximum Gasteiger partial charge on any atom is 0.355 e. The maximum atomic E-state index is 11.1. The number of hydrogen-bond acceptors (Lipinski definition) is 4. The van der Waals surface area contributed by atoms with E-state index in [1.54, 1.807) is 0 Å². The lowest BCUT2D eigenvalue weighted by Gasteiger charge is -2.21. The van der Waals surface area contributed by atoms with E-state index in [0.717, 1.165) is 0 Å². The fourth-order valence-electron chi connectivity index (χ4n) is 1.08. The summed E-state index contributed by atoms with van der Waals surface area (Å²) in [5.41, 5.74) is 0.525. The van der Waals surface area contributed by atoms with Crippen LogP contribution in [0.25, 0.3) is 0 Å². The van der Waals surface area contributed by atoms with E-state index in [0.29, 0.717) is 12.1 Å². The largest absolute Gasteiger partial charge is 0.464 e. The van der Waals surface area contributed by atoms with Gasteiger partial charge in [-0.2, -0.15) is 0 Å². The lowest BCUT2D eigenvalue weighted by Crippen LogP contribution is -2.38. The highest BCUT2D eigenvalue weighted by molar-refractivity contribution is 6.77. The van der Waals surface area contributed by atoms with Gasteiger partial charge >= 0.3 is 5.97 Å². The Bertz CT molecular complexity index is 244. The Kier molecular flexibility index (Phi) is 2.75. The maximum absolute atomic E-state index is 11.1. The zero-order valence-electron chi connectivity index (χ0n) is 8.46. The summed E-state index contributed by atoms with van der Waals surface area (Å²) in [5, 5.41) is 3.73. The monoisotopic (exact) mass is 201 g/mol. The van der Waals surface area contributed by atoms with Crippen molar-refractivity contribution in [2.75, 3.05) is 7.11 Å². The topological polar surface area (TPSA) is 47.9 Å². The van der Waals surface area contributed by atoms with E-state index >= 15 is 0 Å². The average Bonchev–Trinajstić information content (AvgIpc) is 2.50. The smallest absolute Gasteiger partial charge is 0.355 e. The molecule has 1 aliphatic heterocycles. The summed E-state index contributed by atoms with van der Waals surface area (Å²) in [6.07, 6.45) is 0.600. The highest BCUT2D eigenvalue weighted by Crippen LogP contribution is 2.21. The van der Waals surface area contributed by atoms with Crippen LogP contribution in [-0.4, -0.2) is 32.6 Å². The second kappa shape index (κ2) is 3.49. The zero-order valence-corrected chi connectivity index (χ0v) is 9.46. The molecule has 5 heteroatoms. The Labute approximate surface area is 78.9 Å². The molecule has 0 N–H and O–H groups in total. The third-order valence-corrected chi connectivity index (χ3v) is 4.30. The van der Waals surface area contributed by atoms with Gasteiger partial charge in [0.25, 0.3) is 0 Å². The van der Waals surface area contributed by atoms with Crippen molar-refractivity contribution >= 4 is 19.8 Å². The summed E-state index contributed by atoms with van der Waals surface area (Å²) in [6.45, 7) is 6.56. The molecule has 1 atom stereocenters. The Hall–Kier alpha value is -0.843. The number of oxime groups is 1. The van der Waals surface area contributed by atoms with E-state index in [4.69, 9.17) is 4.84 Å². The van der Waals surface area contributed by atoms with Gasteiger partial charge in [-0.15, -0.1) is 0 Å². The summed E-state index contributed by atoms with van der Waals surface area (Å²) >= 11 is 0. The quantitative estimate of drug-likeness (QED) is 0.498. The first-order chi connectivity index (χ1) is 5.95. The van der Waals surface area contributed by atoms with E-state index < -0.39 is 8.07 Å². The van der Waals surface area contributed by atoms with Crippen molar-refractivity contribution in [3.63, 3.8) is 0 Å². The molecule has 1 aliphatic rings. The van der Waals surface area contributed by atoms with E-state index in [2.05, 4.69) is 29.5 Å². The van der Waals surface area contributed by atoms with E-state index in [9.17, 15) is 4.79 Å². The van der Waals surface area contributed by atoms with Crippen LogP contribution in [0.15, 0.2) is 5.16 Å². The molecule has 0 spiro atoms. The molecule has 74 valence electrons. The molecule has 1 unspecified atom stereocenters. The summed E-state index contributed by atoms with van der Waals surface area (Å²) in [4.78, 5) is 16.3. The SMILES string of the molecule is COC(=O)C1=NOC([Si](C)(C)C)C1. The van der Waals surface area contributed by atoms with Gasteiger partial charge in [-0.25, -0.2) is 4.79 Å². The Morgan fingerprint density at radius 3 is 2.62 bits per heavy atom. The number of hydrogen-bond donors (Lipinski definition) is 0. The first-order valence-electron chi connectivity index (χ1n) is 4.26. The number of carbonyl (C=O) groups is 1. The predicted octanol–water partition coefficient (Wildman–Crippen LogP) is 1.18. The average molecular weight is 201 g/mol. The van der Waals surface area contributed by atoms with Gasteiger partial charge in [0.05, 0.1) is 15.2 Å². The van der Waals surface area contributed by atoms with Crippen LogP contribution >= 0.6 is 0 Å². The molecular weight excluding hydrogens is 186 g/mol. The van der Waals surface area contributed by atoms with Crippen LogP contribution in [0.5, 0.6) is 0 Å². The van der Waals surface area contributed by atoms with Crippen molar-refractivity contribution < 1.29 is 14.4 Å². The van der Waals surface area contributed by atoms with E-state index in [-0.39, 0.29) is 11.7 Å². The molecule has 0 fully saturated rings. The molecule has 0 aliphatic carbocycles. The molecule has 0 aromatic carbocycles. The van der Waals surface area contributed by atoms with Gasteiger partial charge in [-0.3, -0.25) is 0 Å². The molecule has 13 heavy (non-hydrogen) atoms. The van der Waals surface area contributed by atoms with Gasteiger partial charge in [0.2, 0.25) is 0 Å². The van der Waals surface area contributed by atoms with Crippen LogP contribution in [-0.2, 0) is 14.4 Å². The number of nitrogens with zero attached hydrogens (tertiary/aromatic N) is 1. The van der Waals surface area contributed by atoms with Crippen LogP contribution in [0.1, 0.15) is 6.42 Å². The fourth-order valence-corrected chi connectivity index (χ4v) is 2.25. The molecule has 1 heterocycles. The number of carbonyl (C=O) groups excluding carboxylic acids is 1. The first kappa shape index (κ1) is 10.2. The molecule has 4 nitrogen and oxygen atoms in total. The van der Waals surface area contributed by atoms with Crippen LogP contribution in [0, 0.1) is 0 Å². The van der Waals surface area contributed by atoms with Gasteiger partial charge < -0.3 is 9.57 Å². The molecule has 0 bridgehead atoms. The highest BCUT2D eigenvalue weighted by Gasteiger charge is 2.36. The summed E-state index contributed by atoms with van der Waals surface area (Å²) < 4.78 is 4.56. The lowest BCUT2D eigenvalue weighted by molar-refractivity contribution is -0.132. The molecule has 0 saturated carbocycles. The first-order valence-corrected chi connectivity index (χ1v) is 7.84. The molecule has 0 amide bonds. The van der Waals surface area contributed by atoms with E-state index in [1.807, 2.05) is 0 Å². The summed E-state index contributed by atoms with van der Waals surface area (Å²) in [5.74, 6) is -0.374. The van der Waals surface area contributed by atoms with Crippen LogP contribution in [0.3, 0.4) is 0 Å². The van der Waals surface area contributed by atoms with Crippen molar-refractivity contribution in [1.82, 2.24) is 0 Å². The minimum atomic E-state index is -1.37. The number of methoxy groups -OCH3 is 1. The summed E-state index contributed by atoms with van der Waals surface area (Å²) in [7, 11) is -0.0153. The van der Waals surface area contributed by atoms with Gasteiger partial charge in [-0.1, -0.05) is 24.8 Å². The van der Waals surface area contributed by atoms with Crippen LogP contribution < -0.4 is 0 Å². The Balaban J connectivity index is 2.57. The van der Waals surface area contributed by atoms with Crippen molar-refractivity contribution in [1.29, 1.82) is 0 Å². The summed E-state index contributed by atoms with van der Waals surface area (Å²) in [6, 6.07) is 0. The molecule has 0 saturated heterocycles.